The maximum absolute atomic E-state index is 13.1. The lowest BCUT2D eigenvalue weighted by atomic mass is 10.1. The van der Waals surface area contributed by atoms with Crippen LogP contribution in [-0.2, 0) is 4.74 Å². The molecule has 5 nitrogen and oxygen atoms in total. The largest absolute Gasteiger partial charge is 0.370 e. The van der Waals surface area contributed by atoms with Gasteiger partial charge in [-0.1, -0.05) is 23.8 Å². The number of nitrogens with one attached hydrogen (secondary N) is 1. The number of halogens is 1. The van der Waals surface area contributed by atoms with Crippen LogP contribution in [0.2, 0.25) is 0 Å². The number of ether oxygens (including phenoxy) is 1. The fraction of sp³-hybridized carbons (Fsp3) is 0.263. The van der Waals surface area contributed by atoms with Crippen molar-refractivity contribution in [3.8, 4) is 0 Å². The predicted octanol–water partition coefficient (Wildman–Crippen LogP) is 3.22. The van der Waals surface area contributed by atoms with E-state index in [1.54, 1.807) is 17.0 Å². The first-order valence-electron chi connectivity index (χ1n) is 8.23. The summed E-state index contributed by atoms with van der Waals surface area (Å²) < 4.78 is 18.9. The first kappa shape index (κ1) is 15.8. The smallest absolute Gasteiger partial charge is 0.275 e. The average Bonchev–Trinajstić information content (AvgIpc) is 3.05. The number of carbonyl (C=O) groups is 1. The molecule has 1 aromatic heterocycles. The van der Waals surface area contributed by atoms with Gasteiger partial charge in [0.1, 0.15) is 11.9 Å². The highest BCUT2D eigenvalue weighted by Gasteiger charge is 2.28. The van der Waals surface area contributed by atoms with Crippen LogP contribution in [0.15, 0.2) is 42.5 Å². The van der Waals surface area contributed by atoms with Crippen molar-refractivity contribution >= 4 is 16.8 Å². The van der Waals surface area contributed by atoms with Gasteiger partial charge in [-0.25, -0.2) is 4.39 Å². The van der Waals surface area contributed by atoms with Crippen molar-refractivity contribution in [2.45, 2.75) is 13.0 Å². The van der Waals surface area contributed by atoms with Crippen molar-refractivity contribution in [3.05, 3.63) is 65.1 Å². The predicted molar refractivity (Wildman–Crippen MR) is 91.8 cm³/mol. The van der Waals surface area contributed by atoms with Gasteiger partial charge in [-0.2, -0.15) is 5.10 Å². The number of H-pyrrole nitrogens is 1. The van der Waals surface area contributed by atoms with Crippen molar-refractivity contribution in [2.24, 2.45) is 0 Å². The number of aromatic amines is 1. The second-order valence-corrected chi connectivity index (χ2v) is 6.28. The Bertz CT molecular complexity index is 920. The molecule has 25 heavy (non-hydrogen) atoms. The molecule has 2 heterocycles. The molecule has 0 bridgehead atoms. The Balaban J connectivity index is 1.59. The van der Waals surface area contributed by atoms with Crippen LogP contribution in [-0.4, -0.2) is 40.7 Å². The van der Waals surface area contributed by atoms with E-state index in [1.165, 1.54) is 12.1 Å². The van der Waals surface area contributed by atoms with E-state index in [0.717, 1.165) is 22.0 Å². The summed E-state index contributed by atoms with van der Waals surface area (Å²) in [6, 6.07) is 12.1. The number of hydrogen-bond donors (Lipinski definition) is 1. The van der Waals surface area contributed by atoms with Crippen molar-refractivity contribution in [3.63, 3.8) is 0 Å². The summed E-state index contributed by atoms with van der Waals surface area (Å²) in [5, 5.41) is 7.96. The fourth-order valence-electron chi connectivity index (χ4n) is 3.15. The summed E-state index contributed by atoms with van der Waals surface area (Å²) in [5.74, 6) is -0.405. The van der Waals surface area contributed by atoms with Gasteiger partial charge in [0.15, 0.2) is 5.69 Å². The Labute approximate surface area is 144 Å². The van der Waals surface area contributed by atoms with Crippen LogP contribution in [0, 0.1) is 12.7 Å². The highest BCUT2D eigenvalue weighted by Crippen LogP contribution is 2.25. The molecule has 128 valence electrons. The molecule has 4 rings (SSSR count). The minimum atomic E-state index is -0.286. The number of rotatable bonds is 2. The monoisotopic (exact) mass is 339 g/mol. The van der Waals surface area contributed by atoms with Crippen LogP contribution in [0.5, 0.6) is 0 Å². The van der Waals surface area contributed by atoms with Gasteiger partial charge in [-0.15, -0.1) is 0 Å². The molecule has 1 fully saturated rings. The molecule has 1 saturated heterocycles. The molecule has 1 atom stereocenters. The van der Waals surface area contributed by atoms with Crippen LogP contribution in [0.25, 0.3) is 10.9 Å². The molecule has 0 radical (unpaired) electrons. The number of morpholine rings is 1. The van der Waals surface area contributed by atoms with Crippen molar-refractivity contribution in [2.75, 3.05) is 19.7 Å². The van der Waals surface area contributed by atoms with E-state index in [4.69, 9.17) is 4.74 Å². The Hall–Kier alpha value is -2.73. The topological polar surface area (TPSA) is 58.2 Å². The minimum Gasteiger partial charge on any atom is -0.370 e. The van der Waals surface area contributed by atoms with E-state index >= 15 is 0 Å². The molecular formula is C19H18FN3O2. The minimum absolute atomic E-state index is 0.118. The molecule has 0 aliphatic carbocycles. The number of fused-ring (bicyclic) bond motifs is 1. The third-order valence-electron chi connectivity index (χ3n) is 4.52. The zero-order valence-electron chi connectivity index (χ0n) is 13.8. The highest BCUT2D eigenvalue weighted by molar-refractivity contribution is 6.04. The SMILES string of the molecule is Cc1ccc2[nH]nc(C(=O)N3CCOC(c4ccc(F)cc4)C3)c2c1. The summed E-state index contributed by atoms with van der Waals surface area (Å²) >= 11 is 0. The summed E-state index contributed by atoms with van der Waals surface area (Å²) in [4.78, 5) is 14.7. The molecule has 6 heteroatoms. The van der Waals surface area contributed by atoms with Gasteiger partial charge >= 0.3 is 0 Å². The summed E-state index contributed by atoms with van der Waals surface area (Å²) in [7, 11) is 0. The Kier molecular flexibility index (Phi) is 3.97. The lowest BCUT2D eigenvalue weighted by Crippen LogP contribution is -2.42. The van der Waals surface area contributed by atoms with Crippen molar-refractivity contribution < 1.29 is 13.9 Å². The van der Waals surface area contributed by atoms with E-state index in [9.17, 15) is 9.18 Å². The van der Waals surface area contributed by atoms with E-state index < -0.39 is 0 Å². The van der Waals surface area contributed by atoms with E-state index in [1.807, 2.05) is 25.1 Å². The van der Waals surface area contributed by atoms with E-state index in [2.05, 4.69) is 10.2 Å². The molecule has 2 aromatic carbocycles. The molecule has 0 saturated carbocycles. The molecule has 3 aromatic rings. The number of nitrogens with zero attached hydrogens (tertiary/aromatic N) is 2. The molecule has 1 aliphatic heterocycles. The zero-order valence-corrected chi connectivity index (χ0v) is 13.8. The second kappa shape index (κ2) is 6.29. The molecular weight excluding hydrogens is 321 g/mol. The number of amides is 1. The van der Waals surface area contributed by atoms with E-state index in [0.29, 0.717) is 25.4 Å². The number of benzene rings is 2. The van der Waals surface area contributed by atoms with Gasteiger partial charge in [0, 0.05) is 11.9 Å². The zero-order chi connectivity index (χ0) is 17.4. The number of aryl methyl sites for hydroxylation is 1. The molecule has 1 amide bonds. The molecule has 1 unspecified atom stereocenters. The van der Waals surface area contributed by atoms with E-state index in [-0.39, 0.29) is 17.8 Å². The Morgan fingerprint density at radius 2 is 2.08 bits per heavy atom. The Morgan fingerprint density at radius 3 is 2.88 bits per heavy atom. The van der Waals surface area contributed by atoms with Gasteiger partial charge in [0.05, 0.1) is 18.7 Å². The van der Waals surface area contributed by atoms with Gasteiger partial charge in [-0.05, 0) is 36.8 Å². The van der Waals surface area contributed by atoms with Crippen LogP contribution in [0.3, 0.4) is 0 Å². The summed E-state index contributed by atoms with van der Waals surface area (Å²) in [5.41, 5.74) is 3.21. The first-order valence-corrected chi connectivity index (χ1v) is 8.23. The van der Waals surface area contributed by atoms with Crippen LogP contribution in [0.4, 0.5) is 4.39 Å². The highest BCUT2D eigenvalue weighted by atomic mass is 19.1. The van der Waals surface area contributed by atoms with Crippen LogP contribution < -0.4 is 0 Å². The van der Waals surface area contributed by atoms with Crippen LogP contribution in [0.1, 0.15) is 27.7 Å². The lowest BCUT2D eigenvalue weighted by molar-refractivity contribution is -0.0229. The quantitative estimate of drug-likeness (QED) is 0.780. The van der Waals surface area contributed by atoms with Gasteiger partial charge in [-0.3, -0.25) is 9.89 Å². The Morgan fingerprint density at radius 1 is 1.28 bits per heavy atom. The number of carbonyl (C=O) groups excluding carboxylic acids is 1. The molecule has 1 N–H and O–H groups in total. The summed E-state index contributed by atoms with van der Waals surface area (Å²) in [6.07, 6.45) is -0.259. The normalized spacial score (nSPS) is 17.8. The van der Waals surface area contributed by atoms with Gasteiger partial charge in [0.2, 0.25) is 0 Å². The van der Waals surface area contributed by atoms with Gasteiger partial charge < -0.3 is 9.64 Å². The molecule has 1 aliphatic rings. The molecule has 0 spiro atoms. The number of hydrogen-bond acceptors (Lipinski definition) is 3. The second-order valence-electron chi connectivity index (χ2n) is 6.28. The first-order chi connectivity index (χ1) is 12.1. The van der Waals surface area contributed by atoms with Crippen molar-refractivity contribution in [1.29, 1.82) is 0 Å². The maximum Gasteiger partial charge on any atom is 0.275 e. The van der Waals surface area contributed by atoms with Crippen LogP contribution >= 0.6 is 0 Å². The third-order valence-corrected chi connectivity index (χ3v) is 4.52. The maximum atomic E-state index is 13.1. The lowest BCUT2D eigenvalue weighted by Gasteiger charge is -2.32. The standard InChI is InChI=1S/C19H18FN3O2/c1-12-2-7-16-15(10-12)18(22-21-16)19(24)23-8-9-25-17(11-23)13-3-5-14(20)6-4-13/h2-7,10,17H,8-9,11H2,1H3,(H,21,22). The summed E-state index contributed by atoms with van der Waals surface area (Å²) in [6.45, 7) is 3.36. The van der Waals surface area contributed by atoms with Gasteiger partial charge in [0.25, 0.3) is 5.91 Å². The number of aromatic nitrogens is 2. The fourth-order valence-corrected chi connectivity index (χ4v) is 3.15. The third kappa shape index (κ3) is 3.00. The van der Waals surface area contributed by atoms with Crippen molar-refractivity contribution in [1.82, 2.24) is 15.1 Å². The average molecular weight is 339 g/mol.